The highest BCUT2D eigenvalue weighted by atomic mass is 32.2. The molecule has 0 aromatic heterocycles. The van der Waals surface area contributed by atoms with E-state index in [1.54, 1.807) is 0 Å². The van der Waals surface area contributed by atoms with Crippen molar-refractivity contribution in [1.82, 2.24) is 0 Å². The van der Waals surface area contributed by atoms with Crippen LogP contribution >= 0.6 is 11.8 Å². The molecule has 1 fully saturated rings. The van der Waals surface area contributed by atoms with Crippen LogP contribution in [0.15, 0.2) is 0 Å². The average Bonchev–Trinajstić information content (AvgIpc) is 1.79. The normalized spacial score (nSPS) is 34.6. The van der Waals surface area contributed by atoms with Gasteiger partial charge in [-0.15, -0.1) is 0 Å². The van der Waals surface area contributed by atoms with E-state index >= 15 is 0 Å². The summed E-state index contributed by atoms with van der Waals surface area (Å²) in [7, 11) is 0. The molecule has 0 spiro atoms. The van der Waals surface area contributed by atoms with Crippen LogP contribution in [0.4, 0.5) is 0 Å². The third-order valence-electron chi connectivity index (χ3n) is 0.568. The largest absolute Gasteiger partial charge is 0.286 e. The lowest BCUT2D eigenvalue weighted by Gasteiger charge is -1.48. The lowest BCUT2D eigenvalue weighted by atomic mass is 10.6. The Balaban J connectivity index is 2.47. The monoisotopic (exact) mass is 88.0 g/mol. The molecule has 1 unspecified atom stereocenters. The van der Waals surface area contributed by atoms with Crippen molar-refractivity contribution in [2.45, 2.75) is 12.2 Å². The first-order valence-corrected chi connectivity index (χ1v) is 2.39. The van der Waals surface area contributed by atoms with Crippen molar-refractivity contribution in [2.75, 3.05) is 0 Å². The predicted molar refractivity (Wildman–Crippen MR) is 22.1 cm³/mol. The molecule has 1 nitrogen and oxygen atoms in total. The number of carbonyl (C=O) groups excluding carboxylic acids is 1. The van der Waals surface area contributed by atoms with Crippen LogP contribution in [0.1, 0.15) is 6.92 Å². The first-order valence-electron chi connectivity index (χ1n) is 1.51. The molecule has 0 amide bonds. The predicted octanol–water partition coefficient (Wildman–Crippen LogP) is 0.648. The smallest absolute Gasteiger partial charge is 0.202 e. The van der Waals surface area contributed by atoms with Gasteiger partial charge in [-0.05, 0) is 6.92 Å². The van der Waals surface area contributed by atoms with Gasteiger partial charge in [0.2, 0.25) is 5.12 Å². The van der Waals surface area contributed by atoms with Crippen LogP contribution < -0.4 is 0 Å². The van der Waals surface area contributed by atoms with Crippen LogP contribution in [0.2, 0.25) is 0 Å². The van der Waals surface area contributed by atoms with Crippen molar-refractivity contribution in [1.29, 1.82) is 0 Å². The van der Waals surface area contributed by atoms with E-state index in [2.05, 4.69) is 0 Å². The molecule has 1 heterocycles. The highest BCUT2D eigenvalue weighted by Crippen LogP contribution is 2.31. The molecule has 1 saturated heterocycles. The standard InChI is InChI=1S/C3H4OS/c1-2-3(4)5-2/h2H,1H3. The van der Waals surface area contributed by atoms with Gasteiger partial charge in [-0.25, -0.2) is 0 Å². The number of rotatable bonds is 0. The van der Waals surface area contributed by atoms with Crippen LogP contribution in [0.25, 0.3) is 0 Å². The minimum atomic E-state index is 0.329. The van der Waals surface area contributed by atoms with E-state index in [-0.39, 0.29) is 0 Å². The maximum Gasteiger partial charge on any atom is 0.202 e. The fourth-order valence-corrected chi connectivity index (χ4v) is 0.421. The molecule has 0 aromatic carbocycles. The van der Waals surface area contributed by atoms with Gasteiger partial charge in [0.15, 0.2) is 0 Å². The van der Waals surface area contributed by atoms with Gasteiger partial charge in [0.05, 0.1) is 5.25 Å². The molecule has 0 bridgehead atoms. The molecule has 28 valence electrons. The second-order valence-electron chi connectivity index (χ2n) is 1.08. The molecule has 0 aromatic rings. The molecule has 0 aliphatic carbocycles. The Morgan fingerprint density at radius 1 is 2.00 bits per heavy atom. The van der Waals surface area contributed by atoms with E-state index < -0.39 is 0 Å². The summed E-state index contributed by atoms with van der Waals surface area (Å²) in [5.41, 5.74) is 0. The van der Waals surface area contributed by atoms with Gasteiger partial charge in [0.25, 0.3) is 0 Å². The summed E-state index contributed by atoms with van der Waals surface area (Å²) in [5, 5.41) is 0.667. The molecule has 1 rings (SSSR count). The summed E-state index contributed by atoms with van der Waals surface area (Å²) < 4.78 is 0. The van der Waals surface area contributed by atoms with Crippen LogP contribution in [0.5, 0.6) is 0 Å². The summed E-state index contributed by atoms with van der Waals surface area (Å²) in [6.07, 6.45) is 0. The van der Waals surface area contributed by atoms with E-state index in [9.17, 15) is 4.79 Å². The SMILES string of the molecule is CC1SC1=O. The second kappa shape index (κ2) is 0.744. The molecule has 0 N–H and O–H groups in total. The van der Waals surface area contributed by atoms with Gasteiger partial charge in [-0.3, -0.25) is 4.79 Å². The van der Waals surface area contributed by atoms with Gasteiger partial charge in [0, 0.05) is 0 Å². The van der Waals surface area contributed by atoms with Gasteiger partial charge in [-0.2, -0.15) is 0 Å². The molecule has 0 radical (unpaired) electrons. The van der Waals surface area contributed by atoms with Crippen LogP contribution in [0.3, 0.4) is 0 Å². The summed E-state index contributed by atoms with van der Waals surface area (Å²) in [5.74, 6) is 0. The van der Waals surface area contributed by atoms with Gasteiger partial charge < -0.3 is 0 Å². The second-order valence-corrected chi connectivity index (χ2v) is 2.42. The number of thioether (sulfide) groups is 1. The lowest BCUT2D eigenvalue weighted by Crippen LogP contribution is -1.68. The van der Waals surface area contributed by atoms with Crippen molar-refractivity contribution in [3.63, 3.8) is 0 Å². The quantitative estimate of drug-likeness (QED) is 0.404. The van der Waals surface area contributed by atoms with Crippen LogP contribution in [-0.2, 0) is 4.79 Å². The average molecular weight is 88.1 g/mol. The summed E-state index contributed by atoms with van der Waals surface area (Å²) >= 11 is 1.41. The lowest BCUT2D eigenvalue weighted by molar-refractivity contribution is -0.107. The Kier molecular flexibility index (Phi) is 0.479. The summed E-state index contributed by atoms with van der Waals surface area (Å²) in [6.45, 7) is 1.91. The molecular weight excluding hydrogens is 84.1 g/mol. The minimum Gasteiger partial charge on any atom is -0.286 e. The Hall–Kier alpha value is 0.0200. The molecule has 2 heteroatoms. The number of hydrogen-bond donors (Lipinski definition) is 0. The zero-order chi connectivity index (χ0) is 3.86. The van der Waals surface area contributed by atoms with Crippen molar-refractivity contribution in [3.05, 3.63) is 0 Å². The Morgan fingerprint density at radius 2 is 2.20 bits per heavy atom. The maximum absolute atomic E-state index is 9.85. The van der Waals surface area contributed by atoms with E-state index in [1.165, 1.54) is 11.8 Å². The van der Waals surface area contributed by atoms with Gasteiger partial charge in [0.1, 0.15) is 0 Å². The Morgan fingerprint density at radius 3 is 2.20 bits per heavy atom. The molecular formula is C3H4OS. The molecule has 1 aliphatic heterocycles. The topological polar surface area (TPSA) is 17.1 Å². The van der Waals surface area contributed by atoms with Crippen molar-refractivity contribution < 1.29 is 4.79 Å². The fourth-order valence-electron chi connectivity index (χ4n) is 0.140. The first kappa shape index (κ1) is 3.22. The summed E-state index contributed by atoms with van der Waals surface area (Å²) in [4.78, 5) is 9.85. The van der Waals surface area contributed by atoms with Gasteiger partial charge in [-0.1, -0.05) is 11.8 Å². The zero-order valence-corrected chi connectivity index (χ0v) is 3.71. The fraction of sp³-hybridized carbons (Fsp3) is 0.667. The third kappa shape index (κ3) is 0.453. The maximum atomic E-state index is 9.85. The molecule has 1 atom stereocenters. The number of carbonyl (C=O) groups is 1. The first-order chi connectivity index (χ1) is 2.30. The Bertz CT molecular complexity index is 69.3. The van der Waals surface area contributed by atoms with E-state index in [0.29, 0.717) is 10.4 Å². The minimum absolute atomic E-state index is 0.329. The number of hydrogen-bond acceptors (Lipinski definition) is 2. The molecule has 5 heavy (non-hydrogen) atoms. The zero-order valence-electron chi connectivity index (χ0n) is 2.89. The molecule has 1 aliphatic rings. The van der Waals surface area contributed by atoms with Crippen LogP contribution in [-0.4, -0.2) is 10.4 Å². The van der Waals surface area contributed by atoms with Crippen molar-refractivity contribution >= 4 is 16.9 Å². The van der Waals surface area contributed by atoms with Crippen molar-refractivity contribution in [3.8, 4) is 0 Å². The van der Waals surface area contributed by atoms with Gasteiger partial charge >= 0.3 is 0 Å². The van der Waals surface area contributed by atoms with Crippen molar-refractivity contribution in [2.24, 2.45) is 0 Å². The Labute approximate surface area is 34.7 Å². The molecule has 0 saturated carbocycles. The highest BCUT2D eigenvalue weighted by Gasteiger charge is 2.30. The summed E-state index contributed by atoms with van der Waals surface area (Å²) in [6, 6.07) is 0. The highest BCUT2D eigenvalue weighted by molar-refractivity contribution is 8.25. The van der Waals surface area contributed by atoms with E-state index in [1.807, 2.05) is 6.92 Å². The van der Waals surface area contributed by atoms with Crippen LogP contribution in [0, 0.1) is 0 Å². The van der Waals surface area contributed by atoms with E-state index in [0.717, 1.165) is 0 Å². The third-order valence-corrected chi connectivity index (χ3v) is 1.47. The van der Waals surface area contributed by atoms with E-state index in [4.69, 9.17) is 0 Å².